The minimum atomic E-state index is 0.248. The number of aliphatic hydroxyl groups excluding tert-OH is 1. The van der Waals surface area contributed by atoms with Crippen molar-refractivity contribution in [2.24, 2.45) is 13.0 Å². The summed E-state index contributed by atoms with van der Waals surface area (Å²) >= 11 is 0. The molecule has 1 atom stereocenters. The fourth-order valence-electron chi connectivity index (χ4n) is 3.49. The van der Waals surface area contributed by atoms with Gasteiger partial charge in [0.2, 0.25) is 0 Å². The molecule has 21 heavy (non-hydrogen) atoms. The Bertz CT molecular complexity index is 599. The lowest BCUT2D eigenvalue weighted by molar-refractivity contribution is 0.172. The molecule has 4 heteroatoms. The van der Waals surface area contributed by atoms with E-state index >= 15 is 0 Å². The molecule has 0 bridgehead atoms. The van der Waals surface area contributed by atoms with Crippen LogP contribution in [0.15, 0.2) is 24.3 Å². The topological polar surface area (TPSA) is 50.1 Å². The molecule has 1 saturated carbocycles. The van der Waals surface area contributed by atoms with Gasteiger partial charge in [0.05, 0.1) is 17.1 Å². The second-order valence-electron chi connectivity index (χ2n) is 6.31. The van der Waals surface area contributed by atoms with Gasteiger partial charge in [-0.15, -0.1) is 0 Å². The number of para-hydroxylation sites is 2. The summed E-state index contributed by atoms with van der Waals surface area (Å²) in [4.78, 5) is 4.77. The quantitative estimate of drug-likeness (QED) is 0.909. The highest BCUT2D eigenvalue weighted by Gasteiger charge is 2.23. The largest absolute Gasteiger partial charge is 0.396 e. The van der Waals surface area contributed by atoms with Gasteiger partial charge in [0.15, 0.2) is 0 Å². The summed E-state index contributed by atoms with van der Waals surface area (Å²) in [5.74, 6) is 1.61. The molecule has 2 aromatic rings. The molecular formula is C17H25N3O. The van der Waals surface area contributed by atoms with Crippen LogP contribution in [0.25, 0.3) is 11.0 Å². The van der Waals surface area contributed by atoms with Gasteiger partial charge in [-0.2, -0.15) is 0 Å². The Labute approximate surface area is 126 Å². The van der Waals surface area contributed by atoms with Crippen LogP contribution in [0.1, 0.15) is 44.5 Å². The Morgan fingerprint density at radius 2 is 2.00 bits per heavy atom. The van der Waals surface area contributed by atoms with E-state index in [0.29, 0.717) is 18.6 Å². The van der Waals surface area contributed by atoms with E-state index in [1.807, 2.05) is 6.07 Å². The van der Waals surface area contributed by atoms with E-state index in [-0.39, 0.29) is 6.04 Å². The SMILES string of the molecule is CC(NC1CCC(CO)CC1)c1nc2ccccc2n1C. The van der Waals surface area contributed by atoms with E-state index in [1.54, 1.807) is 0 Å². The standard InChI is InChI=1S/C17H25N3O/c1-12(18-14-9-7-13(11-21)8-10-14)17-19-15-5-3-4-6-16(15)20(17)2/h3-6,12-14,18,21H,7-11H2,1-2H3. The van der Waals surface area contributed by atoms with Crippen LogP contribution in [-0.4, -0.2) is 27.3 Å². The number of aryl methyl sites for hydroxylation is 1. The third kappa shape index (κ3) is 2.97. The highest BCUT2D eigenvalue weighted by atomic mass is 16.3. The zero-order valence-corrected chi connectivity index (χ0v) is 12.9. The summed E-state index contributed by atoms with van der Waals surface area (Å²) in [5.41, 5.74) is 2.25. The van der Waals surface area contributed by atoms with Gasteiger partial charge < -0.3 is 15.0 Å². The number of hydrogen-bond acceptors (Lipinski definition) is 3. The smallest absolute Gasteiger partial charge is 0.126 e. The molecular weight excluding hydrogens is 262 g/mol. The van der Waals surface area contributed by atoms with E-state index in [0.717, 1.165) is 37.0 Å². The Hall–Kier alpha value is -1.39. The second-order valence-corrected chi connectivity index (χ2v) is 6.31. The van der Waals surface area contributed by atoms with E-state index in [4.69, 9.17) is 4.98 Å². The van der Waals surface area contributed by atoms with Crippen LogP contribution in [0.3, 0.4) is 0 Å². The molecule has 0 aliphatic heterocycles. The predicted molar refractivity (Wildman–Crippen MR) is 85.1 cm³/mol. The summed E-state index contributed by atoms with van der Waals surface area (Å²) in [7, 11) is 2.09. The Morgan fingerprint density at radius 1 is 1.29 bits per heavy atom. The van der Waals surface area contributed by atoms with Crippen molar-refractivity contribution in [3.05, 3.63) is 30.1 Å². The van der Waals surface area contributed by atoms with Crippen LogP contribution in [-0.2, 0) is 7.05 Å². The predicted octanol–water partition coefficient (Wildman–Crippen LogP) is 2.78. The van der Waals surface area contributed by atoms with E-state index in [9.17, 15) is 5.11 Å². The molecule has 1 fully saturated rings. The van der Waals surface area contributed by atoms with Gasteiger partial charge in [0.25, 0.3) is 0 Å². The van der Waals surface area contributed by atoms with Crippen LogP contribution < -0.4 is 5.32 Å². The van der Waals surface area contributed by atoms with Gasteiger partial charge in [0, 0.05) is 19.7 Å². The van der Waals surface area contributed by atoms with Gasteiger partial charge in [0.1, 0.15) is 5.82 Å². The molecule has 1 aromatic heterocycles. The Balaban J connectivity index is 1.70. The third-order valence-corrected chi connectivity index (χ3v) is 4.80. The number of hydrogen-bond donors (Lipinski definition) is 2. The molecule has 2 N–H and O–H groups in total. The van der Waals surface area contributed by atoms with Crippen LogP contribution in [0.2, 0.25) is 0 Å². The molecule has 4 nitrogen and oxygen atoms in total. The molecule has 114 valence electrons. The summed E-state index contributed by atoms with van der Waals surface area (Å²) in [5, 5.41) is 12.9. The molecule has 0 spiro atoms. The first-order valence-corrected chi connectivity index (χ1v) is 7.97. The third-order valence-electron chi connectivity index (χ3n) is 4.80. The van der Waals surface area contributed by atoms with Crippen molar-refractivity contribution in [1.82, 2.24) is 14.9 Å². The zero-order valence-electron chi connectivity index (χ0n) is 12.9. The molecule has 3 rings (SSSR count). The number of aromatic nitrogens is 2. The van der Waals surface area contributed by atoms with Crippen molar-refractivity contribution in [1.29, 1.82) is 0 Å². The molecule has 0 amide bonds. The lowest BCUT2D eigenvalue weighted by Crippen LogP contribution is -2.36. The van der Waals surface area contributed by atoms with Gasteiger partial charge in [-0.25, -0.2) is 4.98 Å². The molecule has 0 radical (unpaired) electrons. The van der Waals surface area contributed by atoms with E-state index in [2.05, 4.69) is 42.1 Å². The van der Waals surface area contributed by atoms with Crippen LogP contribution >= 0.6 is 0 Å². The van der Waals surface area contributed by atoms with Gasteiger partial charge in [-0.1, -0.05) is 12.1 Å². The van der Waals surface area contributed by atoms with Crippen molar-refractivity contribution in [3.8, 4) is 0 Å². The first-order chi connectivity index (χ1) is 10.2. The summed E-state index contributed by atoms with van der Waals surface area (Å²) in [6, 6.07) is 9.07. The first kappa shape index (κ1) is 14.5. The molecule has 1 aliphatic carbocycles. The minimum absolute atomic E-state index is 0.248. The number of nitrogens with zero attached hydrogens (tertiary/aromatic N) is 2. The van der Waals surface area contributed by atoms with Crippen LogP contribution in [0.4, 0.5) is 0 Å². The zero-order chi connectivity index (χ0) is 14.8. The van der Waals surface area contributed by atoms with Crippen molar-refractivity contribution >= 4 is 11.0 Å². The number of fused-ring (bicyclic) bond motifs is 1. The lowest BCUT2D eigenvalue weighted by Gasteiger charge is -2.30. The maximum atomic E-state index is 9.22. The average Bonchev–Trinajstić information content (AvgIpc) is 2.86. The normalized spacial score (nSPS) is 24.3. The van der Waals surface area contributed by atoms with Crippen molar-refractivity contribution in [3.63, 3.8) is 0 Å². The van der Waals surface area contributed by atoms with Crippen molar-refractivity contribution in [2.75, 3.05) is 6.61 Å². The minimum Gasteiger partial charge on any atom is -0.396 e. The fraction of sp³-hybridized carbons (Fsp3) is 0.588. The fourth-order valence-corrected chi connectivity index (χ4v) is 3.49. The molecule has 1 unspecified atom stereocenters. The molecule has 1 aliphatic rings. The van der Waals surface area contributed by atoms with Gasteiger partial charge in [-0.05, 0) is 50.7 Å². The maximum absolute atomic E-state index is 9.22. The van der Waals surface area contributed by atoms with E-state index in [1.165, 1.54) is 5.52 Å². The number of rotatable bonds is 4. The first-order valence-electron chi connectivity index (χ1n) is 7.97. The molecule has 1 heterocycles. The average molecular weight is 287 g/mol. The highest BCUT2D eigenvalue weighted by molar-refractivity contribution is 5.75. The highest BCUT2D eigenvalue weighted by Crippen LogP contribution is 2.26. The number of nitrogens with one attached hydrogen (secondary N) is 1. The van der Waals surface area contributed by atoms with Crippen molar-refractivity contribution in [2.45, 2.75) is 44.7 Å². The monoisotopic (exact) mass is 287 g/mol. The van der Waals surface area contributed by atoms with E-state index < -0.39 is 0 Å². The second kappa shape index (κ2) is 6.16. The molecule has 0 saturated heterocycles. The Morgan fingerprint density at radius 3 is 2.67 bits per heavy atom. The van der Waals surface area contributed by atoms with Crippen molar-refractivity contribution < 1.29 is 5.11 Å². The number of aliphatic hydroxyl groups is 1. The summed E-state index contributed by atoms with van der Waals surface area (Å²) < 4.78 is 2.19. The van der Waals surface area contributed by atoms with Gasteiger partial charge in [-0.3, -0.25) is 0 Å². The lowest BCUT2D eigenvalue weighted by atomic mass is 9.86. The molecule has 1 aromatic carbocycles. The Kier molecular flexibility index (Phi) is 4.27. The van der Waals surface area contributed by atoms with Crippen LogP contribution in [0.5, 0.6) is 0 Å². The summed E-state index contributed by atoms with van der Waals surface area (Å²) in [6.45, 7) is 2.53. The number of benzene rings is 1. The maximum Gasteiger partial charge on any atom is 0.126 e. The van der Waals surface area contributed by atoms with Gasteiger partial charge >= 0.3 is 0 Å². The summed E-state index contributed by atoms with van der Waals surface area (Å²) in [6.07, 6.45) is 4.56. The number of imidazole rings is 1. The van der Waals surface area contributed by atoms with Crippen LogP contribution in [0, 0.1) is 5.92 Å².